The summed E-state index contributed by atoms with van der Waals surface area (Å²) in [5.41, 5.74) is 3.39. The number of halogens is 1. The van der Waals surface area contributed by atoms with Crippen LogP contribution in [0.1, 0.15) is 27.2 Å². The molecule has 0 radical (unpaired) electrons. The molecule has 0 saturated heterocycles. The van der Waals surface area contributed by atoms with Crippen molar-refractivity contribution in [2.75, 3.05) is 6.61 Å². The lowest BCUT2D eigenvalue weighted by Crippen LogP contribution is -2.28. The Labute approximate surface area is 168 Å². The Morgan fingerprint density at radius 3 is 2.46 bits per heavy atom. The second-order valence-corrected chi connectivity index (χ2v) is 6.64. The maximum atomic E-state index is 12.4. The van der Waals surface area contributed by atoms with Crippen LogP contribution >= 0.6 is 11.6 Å². The largest absolute Gasteiger partial charge is 0.452 e. The summed E-state index contributed by atoms with van der Waals surface area (Å²) >= 11 is 6.33. The molecule has 1 N–H and O–H groups in total. The fourth-order valence-electron chi connectivity index (χ4n) is 2.73. The Hall–Kier alpha value is -3.12. The first kappa shape index (κ1) is 19.6. The summed E-state index contributed by atoms with van der Waals surface area (Å²) in [7, 11) is 0. The van der Waals surface area contributed by atoms with Crippen LogP contribution in [-0.2, 0) is 16.1 Å². The minimum absolute atomic E-state index is 0.147. The minimum Gasteiger partial charge on any atom is -0.452 e. The van der Waals surface area contributed by atoms with Gasteiger partial charge in [-0.05, 0) is 37.1 Å². The summed E-state index contributed by atoms with van der Waals surface area (Å²) in [6.45, 7) is 3.61. The van der Waals surface area contributed by atoms with Crippen molar-refractivity contribution in [1.82, 2.24) is 15.1 Å². The lowest BCUT2D eigenvalue weighted by molar-refractivity contribution is -0.124. The maximum Gasteiger partial charge on any atom is 0.343 e. The van der Waals surface area contributed by atoms with Crippen molar-refractivity contribution in [1.29, 1.82) is 0 Å². The Morgan fingerprint density at radius 2 is 1.75 bits per heavy atom. The molecule has 0 aliphatic rings. The normalized spacial score (nSPS) is 10.5. The van der Waals surface area contributed by atoms with E-state index < -0.39 is 12.6 Å². The molecule has 0 aliphatic heterocycles. The molecule has 0 fully saturated rings. The molecule has 3 rings (SSSR count). The van der Waals surface area contributed by atoms with Gasteiger partial charge in [0.05, 0.1) is 11.4 Å². The highest BCUT2D eigenvalue weighted by Crippen LogP contribution is 2.24. The third-order valence-corrected chi connectivity index (χ3v) is 4.63. The van der Waals surface area contributed by atoms with Gasteiger partial charge >= 0.3 is 5.97 Å². The first-order chi connectivity index (χ1) is 13.5. The highest BCUT2D eigenvalue weighted by atomic mass is 35.5. The van der Waals surface area contributed by atoms with Crippen molar-refractivity contribution in [2.45, 2.75) is 20.4 Å². The number of nitrogens with zero attached hydrogens (tertiary/aromatic N) is 2. The number of para-hydroxylation sites is 1. The number of ether oxygens (including phenoxy) is 1. The third kappa shape index (κ3) is 4.40. The number of amides is 1. The molecule has 3 aromatic rings. The second-order valence-electron chi connectivity index (χ2n) is 6.28. The molecule has 6 nitrogen and oxygen atoms in total. The average molecular weight is 398 g/mol. The predicted molar refractivity (Wildman–Crippen MR) is 107 cm³/mol. The van der Waals surface area contributed by atoms with Gasteiger partial charge in [-0.2, -0.15) is 5.10 Å². The van der Waals surface area contributed by atoms with Crippen LogP contribution in [0.2, 0.25) is 5.15 Å². The molecule has 1 amide bonds. The van der Waals surface area contributed by atoms with E-state index in [1.165, 1.54) is 4.68 Å². The number of hydrogen-bond donors (Lipinski definition) is 1. The summed E-state index contributed by atoms with van der Waals surface area (Å²) < 4.78 is 6.59. The molecule has 0 bridgehead atoms. The van der Waals surface area contributed by atoms with E-state index in [0.717, 1.165) is 16.8 Å². The zero-order valence-electron chi connectivity index (χ0n) is 15.6. The van der Waals surface area contributed by atoms with E-state index >= 15 is 0 Å². The van der Waals surface area contributed by atoms with Crippen molar-refractivity contribution < 1.29 is 14.3 Å². The highest BCUT2D eigenvalue weighted by Gasteiger charge is 2.23. The molecule has 0 saturated carbocycles. The maximum absolute atomic E-state index is 12.4. The summed E-state index contributed by atoms with van der Waals surface area (Å²) in [6.07, 6.45) is 0. The lowest BCUT2D eigenvalue weighted by atomic mass is 10.1. The third-order valence-electron chi connectivity index (χ3n) is 4.28. The Kier molecular flexibility index (Phi) is 6.11. The van der Waals surface area contributed by atoms with Crippen LogP contribution in [0.5, 0.6) is 0 Å². The fourth-order valence-corrected chi connectivity index (χ4v) is 3.08. The first-order valence-electron chi connectivity index (χ1n) is 8.76. The summed E-state index contributed by atoms with van der Waals surface area (Å²) in [5, 5.41) is 7.18. The number of carbonyl (C=O) groups is 2. The van der Waals surface area contributed by atoms with E-state index in [2.05, 4.69) is 10.4 Å². The Balaban J connectivity index is 1.61. The van der Waals surface area contributed by atoms with Gasteiger partial charge in [0.25, 0.3) is 5.91 Å². The van der Waals surface area contributed by atoms with Gasteiger partial charge in [0.1, 0.15) is 10.7 Å². The molecule has 28 heavy (non-hydrogen) atoms. The molecule has 1 heterocycles. The lowest BCUT2D eigenvalue weighted by Gasteiger charge is -2.08. The number of rotatable bonds is 6. The quantitative estimate of drug-likeness (QED) is 0.645. The number of benzene rings is 2. The molecule has 0 spiro atoms. The second kappa shape index (κ2) is 8.71. The van der Waals surface area contributed by atoms with E-state index in [1.54, 1.807) is 6.92 Å². The van der Waals surface area contributed by atoms with Gasteiger partial charge in [-0.3, -0.25) is 4.79 Å². The Morgan fingerprint density at radius 1 is 1.07 bits per heavy atom. The van der Waals surface area contributed by atoms with E-state index in [4.69, 9.17) is 16.3 Å². The van der Waals surface area contributed by atoms with E-state index in [-0.39, 0.29) is 16.6 Å². The molecular formula is C21H20ClN3O3. The smallest absolute Gasteiger partial charge is 0.343 e. The number of nitrogens with one attached hydrogen (secondary N) is 1. The highest BCUT2D eigenvalue weighted by molar-refractivity contribution is 6.33. The van der Waals surface area contributed by atoms with Gasteiger partial charge in [0.15, 0.2) is 6.61 Å². The van der Waals surface area contributed by atoms with Crippen LogP contribution in [-0.4, -0.2) is 28.3 Å². The topological polar surface area (TPSA) is 73.2 Å². The van der Waals surface area contributed by atoms with Crippen LogP contribution in [0.25, 0.3) is 5.69 Å². The molecular weight excluding hydrogens is 378 g/mol. The number of aromatic nitrogens is 2. The van der Waals surface area contributed by atoms with Crippen LogP contribution in [0.15, 0.2) is 54.6 Å². The number of hydrogen-bond acceptors (Lipinski definition) is 4. The van der Waals surface area contributed by atoms with Crippen molar-refractivity contribution in [3.05, 3.63) is 82.1 Å². The van der Waals surface area contributed by atoms with Crippen LogP contribution in [0, 0.1) is 13.8 Å². The van der Waals surface area contributed by atoms with E-state index in [1.807, 2.05) is 61.5 Å². The zero-order chi connectivity index (χ0) is 20.1. The molecule has 0 atom stereocenters. The summed E-state index contributed by atoms with van der Waals surface area (Å²) in [6, 6.07) is 17.0. The van der Waals surface area contributed by atoms with Gasteiger partial charge in [-0.25, -0.2) is 9.48 Å². The number of carbonyl (C=O) groups excluding carboxylic acids is 2. The van der Waals surface area contributed by atoms with E-state index in [0.29, 0.717) is 12.2 Å². The molecule has 7 heteroatoms. The minimum atomic E-state index is -0.685. The van der Waals surface area contributed by atoms with Crippen LogP contribution < -0.4 is 5.32 Å². The first-order valence-corrected chi connectivity index (χ1v) is 9.14. The molecule has 144 valence electrons. The van der Waals surface area contributed by atoms with Crippen molar-refractivity contribution in [2.24, 2.45) is 0 Å². The monoisotopic (exact) mass is 397 g/mol. The van der Waals surface area contributed by atoms with Gasteiger partial charge in [0, 0.05) is 6.54 Å². The SMILES string of the molecule is Cc1ccccc1CNC(=O)COC(=O)c1c(C)nn(-c2ccccc2)c1Cl. The van der Waals surface area contributed by atoms with E-state index in [9.17, 15) is 9.59 Å². The molecule has 0 unspecified atom stereocenters. The summed E-state index contributed by atoms with van der Waals surface area (Å²) in [5.74, 6) is -1.07. The van der Waals surface area contributed by atoms with Crippen LogP contribution in [0.4, 0.5) is 0 Å². The zero-order valence-corrected chi connectivity index (χ0v) is 16.4. The van der Waals surface area contributed by atoms with Gasteiger partial charge in [-0.1, -0.05) is 54.1 Å². The number of aryl methyl sites for hydroxylation is 2. The summed E-state index contributed by atoms with van der Waals surface area (Å²) in [4.78, 5) is 24.4. The van der Waals surface area contributed by atoms with Crippen molar-refractivity contribution in [3.8, 4) is 5.69 Å². The average Bonchev–Trinajstić information content (AvgIpc) is 3.00. The standard InChI is InChI=1S/C21H20ClN3O3/c1-14-8-6-7-9-16(14)12-23-18(26)13-28-21(27)19-15(2)24-25(20(19)22)17-10-4-3-5-11-17/h3-11H,12-13H2,1-2H3,(H,23,26). The van der Waals surface area contributed by atoms with Crippen molar-refractivity contribution >= 4 is 23.5 Å². The fraction of sp³-hybridized carbons (Fsp3) is 0.190. The Bertz CT molecular complexity index is 999. The molecule has 2 aromatic carbocycles. The number of esters is 1. The van der Waals surface area contributed by atoms with Crippen LogP contribution in [0.3, 0.4) is 0 Å². The molecule has 1 aromatic heterocycles. The van der Waals surface area contributed by atoms with Gasteiger partial charge in [-0.15, -0.1) is 0 Å². The van der Waals surface area contributed by atoms with Gasteiger partial charge < -0.3 is 10.1 Å². The molecule has 0 aliphatic carbocycles. The van der Waals surface area contributed by atoms with Crippen molar-refractivity contribution in [3.63, 3.8) is 0 Å². The van der Waals surface area contributed by atoms with Gasteiger partial charge in [0.2, 0.25) is 0 Å². The predicted octanol–water partition coefficient (Wildman–Crippen LogP) is 3.62.